The molecule has 1 aliphatic rings. The van der Waals surface area contributed by atoms with Gasteiger partial charge in [-0.3, -0.25) is 14.5 Å². The number of hydrogen-bond acceptors (Lipinski definition) is 4. The molecule has 0 saturated carbocycles. The number of carbonyl (C=O) groups excluding carboxylic acids is 2. The third kappa shape index (κ3) is 6.15. The fourth-order valence-electron chi connectivity index (χ4n) is 4.34. The summed E-state index contributed by atoms with van der Waals surface area (Å²) in [6.45, 7) is 7.47. The van der Waals surface area contributed by atoms with E-state index in [2.05, 4.69) is 10.3 Å². The lowest BCUT2D eigenvalue weighted by Gasteiger charge is -2.36. The third-order valence-electron chi connectivity index (χ3n) is 5.64. The molecule has 2 aromatic carbocycles. The van der Waals surface area contributed by atoms with Crippen molar-refractivity contribution >= 4 is 17.8 Å². The Hall–Kier alpha value is -3.36. The Balaban J connectivity index is 1.78. The minimum absolute atomic E-state index is 0.00309. The van der Waals surface area contributed by atoms with Gasteiger partial charge in [-0.1, -0.05) is 13.8 Å². The van der Waals surface area contributed by atoms with E-state index in [9.17, 15) is 22.8 Å². The Morgan fingerprint density at radius 1 is 1.09 bits per heavy atom. The van der Waals surface area contributed by atoms with Crippen molar-refractivity contribution in [3.05, 3.63) is 70.5 Å². The Morgan fingerprint density at radius 2 is 1.71 bits per heavy atom. The summed E-state index contributed by atoms with van der Waals surface area (Å²) < 4.78 is 41.3. The highest BCUT2D eigenvalue weighted by Gasteiger charge is 2.36. The predicted octanol–water partition coefficient (Wildman–Crippen LogP) is 4.45. The summed E-state index contributed by atoms with van der Waals surface area (Å²) in [5.41, 5.74) is 6.08. The number of hydrogen-bond donors (Lipinski definition) is 2. The van der Waals surface area contributed by atoms with Gasteiger partial charge in [-0.2, -0.15) is 0 Å². The van der Waals surface area contributed by atoms with E-state index in [0.717, 1.165) is 24.3 Å². The van der Waals surface area contributed by atoms with Gasteiger partial charge in [0.25, 0.3) is 5.91 Å². The molecule has 2 unspecified atom stereocenters. The first kappa shape index (κ1) is 25.3. The number of nitrogens with zero attached hydrogens (tertiary/aromatic N) is 2. The first-order chi connectivity index (χ1) is 15.8. The maximum absolute atomic E-state index is 14.3. The summed E-state index contributed by atoms with van der Waals surface area (Å²) in [6.07, 6.45) is 0.876. The summed E-state index contributed by atoms with van der Waals surface area (Å²) in [4.78, 5) is 31.3. The molecule has 1 aliphatic heterocycles. The summed E-state index contributed by atoms with van der Waals surface area (Å²) in [6, 6.07) is 5.94. The fraction of sp³-hybridized carbons (Fsp3) is 0.400. The van der Waals surface area contributed by atoms with E-state index in [0.29, 0.717) is 17.9 Å². The summed E-state index contributed by atoms with van der Waals surface area (Å²) >= 11 is 0. The van der Waals surface area contributed by atoms with E-state index in [-0.39, 0.29) is 36.0 Å². The zero-order valence-electron chi connectivity index (χ0n) is 19.7. The van der Waals surface area contributed by atoms with Crippen LogP contribution in [0.15, 0.2) is 41.4 Å². The molecule has 1 heterocycles. The largest absolute Gasteiger partial charge is 0.369 e. The van der Waals surface area contributed by atoms with Crippen molar-refractivity contribution < 1.29 is 22.8 Å². The number of carbonyl (C=O) groups is 2. The van der Waals surface area contributed by atoms with Gasteiger partial charge >= 0.3 is 0 Å². The highest BCUT2D eigenvalue weighted by Crippen LogP contribution is 2.30. The second kappa shape index (κ2) is 9.87. The third-order valence-corrected chi connectivity index (χ3v) is 5.64. The average molecular weight is 475 g/mol. The molecule has 0 radical (unpaired) electrons. The van der Waals surface area contributed by atoms with E-state index >= 15 is 0 Å². The quantitative estimate of drug-likeness (QED) is 0.622. The standard InChI is InChI=1S/C25H29F3N4O2/c1-14(2)11-25(4)12-22(33)32(24(29)31-25)13-16-5-18(9-19(26)6-16)23(34)30-15(3)17-7-20(27)10-21(28)8-17/h5-10,14-15H,11-13H2,1-4H3,(H2,29,31)(H,30,34). The summed E-state index contributed by atoms with van der Waals surface area (Å²) in [5.74, 6) is -2.68. The van der Waals surface area contributed by atoms with Crippen LogP contribution in [-0.4, -0.2) is 28.2 Å². The second-order valence-electron chi connectivity index (χ2n) is 9.47. The lowest BCUT2D eigenvalue weighted by Crippen LogP contribution is -2.50. The molecule has 0 aromatic heterocycles. The van der Waals surface area contributed by atoms with Crippen LogP contribution in [0.2, 0.25) is 0 Å². The number of guanidine groups is 1. The molecule has 182 valence electrons. The lowest BCUT2D eigenvalue weighted by molar-refractivity contribution is -0.130. The van der Waals surface area contributed by atoms with Crippen molar-refractivity contribution in [2.75, 3.05) is 0 Å². The Kier molecular flexibility index (Phi) is 7.33. The fourth-order valence-corrected chi connectivity index (χ4v) is 4.34. The number of nitrogens with two attached hydrogens (primary N) is 1. The topological polar surface area (TPSA) is 87.8 Å². The molecule has 0 spiro atoms. The normalized spacial score (nSPS) is 19.2. The SMILES string of the molecule is CC(C)CC1(C)CC(=O)N(Cc2cc(F)cc(C(=O)NC(C)c3cc(F)cc(F)c3)c2)C(N)=N1. The van der Waals surface area contributed by atoms with Gasteiger partial charge in [0.15, 0.2) is 5.96 Å². The molecule has 3 rings (SSSR count). The van der Waals surface area contributed by atoms with E-state index in [1.54, 1.807) is 6.92 Å². The molecule has 2 atom stereocenters. The molecule has 0 fully saturated rings. The number of benzene rings is 2. The van der Waals surface area contributed by atoms with Crippen LogP contribution in [0.1, 0.15) is 68.1 Å². The van der Waals surface area contributed by atoms with Crippen LogP contribution >= 0.6 is 0 Å². The van der Waals surface area contributed by atoms with Gasteiger partial charge in [0.1, 0.15) is 17.5 Å². The van der Waals surface area contributed by atoms with Gasteiger partial charge in [0, 0.05) is 11.6 Å². The molecule has 2 aromatic rings. The van der Waals surface area contributed by atoms with Crippen LogP contribution in [0.3, 0.4) is 0 Å². The number of nitrogens with one attached hydrogen (secondary N) is 1. The van der Waals surface area contributed by atoms with Crippen LogP contribution in [-0.2, 0) is 11.3 Å². The van der Waals surface area contributed by atoms with Gasteiger partial charge in [0.05, 0.1) is 24.5 Å². The smallest absolute Gasteiger partial charge is 0.251 e. The number of aliphatic imine (C=N–C) groups is 1. The second-order valence-corrected chi connectivity index (χ2v) is 9.47. The van der Waals surface area contributed by atoms with Crippen LogP contribution < -0.4 is 11.1 Å². The van der Waals surface area contributed by atoms with Crippen molar-refractivity contribution in [2.24, 2.45) is 16.6 Å². The van der Waals surface area contributed by atoms with E-state index < -0.39 is 34.9 Å². The van der Waals surface area contributed by atoms with E-state index in [4.69, 9.17) is 5.73 Å². The van der Waals surface area contributed by atoms with E-state index in [1.807, 2.05) is 20.8 Å². The molecule has 0 aliphatic carbocycles. The number of halogens is 3. The van der Waals surface area contributed by atoms with Gasteiger partial charge in [0.2, 0.25) is 5.91 Å². The molecule has 9 heteroatoms. The lowest BCUT2D eigenvalue weighted by atomic mass is 9.87. The molecular formula is C25H29F3N4O2. The summed E-state index contributed by atoms with van der Waals surface area (Å²) in [7, 11) is 0. The Labute approximate surface area is 197 Å². The molecule has 0 bridgehead atoms. The van der Waals surface area contributed by atoms with Crippen molar-refractivity contribution in [1.82, 2.24) is 10.2 Å². The van der Waals surface area contributed by atoms with Crippen molar-refractivity contribution in [3.63, 3.8) is 0 Å². The van der Waals surface area contributed by atoms with Crippen molar-refractivity contribution in [2.45, 2.75) is 58.7 Å². The zero-order chi connectivity index (χ0) is 25.2. The predicted molar refractivity (Wildman–Crippen MR) is 123 cm³/mol. The molecule has 2 amide bonds. The maximum atomic E-state index is 14.3. The molecule has 3 N–H and O–H groups in total. The first-order valence-corrected chi connectivity index (χ1v) is 11.1. The Bertz CT molecular complexity index is 1110. The Morgan fingerprint density at radius 3 is 2.29 bits per heavy atom. The first-order valence-electron chi connectivity index (χ1n) is 11.1. The average Bonchev–Trinajstić information content (AvgIpc) is 2.68. The van der Waals surface area contributed by atoms with Gasteiger partial charge in [-0.25, -0.2) is 18.2 Å². The van der Waals surface area contributed by atoms with Crippen molar-refractivity contribution in [1.29, 1.82) is 0 Å². The zero-order valence-corrected chi connectivity index (χ0v) is 19.7. The summed E-state index contributed by atoms with van der Waals surface area (Å²) in [5, 5.41) is 2.60. The number of rotatable bonds is 7. The van der Waals surface area contributed by atoms with Gasteiger partial charge in [-0.05, 0) is 67.6 Å². The molecule has 6 nitrogen and oxygen atoms in total. The van der Waals surface area contributed by atoms with Crippen molar-refractivity contribution in [3.8, 4) is 0 Å². The van der Waals surface area contributed by atoms with Gasteiger partial charge in [-0.15, -0.1) is 0 Å². The highest BCUT2D eigenvalue weighted by atomic mass is 19.1. The van der Waals surface area contributed by atoms with E-state index in [1.165, 1.54) is 17.0 Å². The maximum Gasteiger partial charge on any atom is 0.251 e. The minimum atomic E-state index is -0.765. The van der Waals surface area contributed by atoms with Crippen LogP contribution in [0.25, 0.3) is 0 Å². The highest BCUT2D eigenvalue weighted by molar-refractivity contribution is 5.99. The van der Waals surface area contributed by atoms with Crippen LogP contribution in [0.4, 0.5) is 13.2 Å². The van der Waals surface area contributed by atoms with Gasteiger partial charge < -0.3 is 11.1 Å². The van der Waals surface area contributed by atoms with Crippen LogP contribution in [0, 0.1) is 23.4 Å². The molecule has 34 heavy (non-hydrogen) atoms. The molecule has 0 saturated heterocycles. The van der Waals surface area contributed by atoms with Crippen LogP contribution in [0.5, 0.6) is 0 Å². The molecular weight excluding hydrogens is 445 g/mol. The monoisotopic (exact) mass is 474 g/mol. The number of amides is 2. The minimum Gasteiger partial charge on any atom is -0.369 e.